The van der Waals surface area contributed by atoms with Gasteiger partial charge in [0.1, 0.15) is 12.1 Å². The fraction of sp³-hybridized carbons (Fsp3) is 0.462. The summed E-state index contributed by atoms with van der Waals surface area (Å²) in [5, 5.41) is 10.5. The van der Waals surface area contributed by atoms with Crippen LogP contribution in [-0.4, -0.2) is 46.5 Å². The molecule has 1 aliphatic heterocycles. The third kappa shape index (κ3) is 3.36. The second-order valence-corrected chi connectivity index (χ2v) is 5.09. The molecule has 2 heterocycles. The van der Waals surface area contributed by atoms with E-state index in [0.717, 1.165) is 16.8 Å². The zero-order chi connectivity index (χ0) is 17.3. The molecule has 7 nitrogen and oxygen atoms in total. The average Bonchev–Trinajstić information content (AvgIpc) is 2.90. The SMILES string of the molecule is O=C(O)Cn1cccc(C(=O)NC2(C(F)(F)F)CCOC2)c1=O. The Labute approximate surface area is 127 Å². The molecule has 126 valence electrons. The van der Waals surface area contributed by atoms with Crippen LogP contribution in [0.25, 0.3) is 0 Å². The first-order chi connectivity index (χ1) is 10.7. The Morgan fingerprint density at radius 2 is 2.13 bits per heavy atom. The van der Waals surface area contributed by atoms with Crippen molar-refractivity contribution < 1.29 is 32.6 Å². The number of hydrogen-bond acceptors (Lipinski definition) is 4. The molecule has 0 bridgehead atoms. The van der Waals surface area contributed by atoms with Crippen LogP contribution in [-0.2, 0) is 16.1 Å². The van der Waals surface area contributed by atoms with Crippen molar-refractivity contribution in [2.45, 2.75) is 24.7 Å². The van der Waals surface area contributed by atoms with Gasteiger partial charge in [-0.1, -0.05) is 0 Å². The highest BCUT2D eigenvalue weighted by atomic mass is 19.4. The standard InChI is InChI=1S/C13H13F3N2O5/c14-13(15,16)12(3-5-23-7-12)17-10(21)8-2-1-4-18(11(8)22)6-9(19)20/h1-2,4H,3,5-7H2,(H,17,21)(H,19,20). The molecular formula is C13H13F3N2O5. The Balaban J connectivity index is 2.31. The average molecular weight is 334 g/mol. The number of halogens is 3. The summed E-state index contributed by atoms with van der Waals surface area (Å²) >= 11 is 0. The fourth-order valence-corrected chi connectivity index (χ4v) is 2.22. The normalized spacial score (nSPS) is 21.2. The van der Waals surface area contributed by atoms with Crippen LogP contribution >= 0.6 is 0 Å². The van der Waals surface area contributed by atoms with E-state index in [4.69, 9.17) is 9.84 Å². The Bertz CT molecular complexity index is 677. The Morgan fingerprint density at radius 1 is 1.43 bits per heavy atom. The van der Waals surface area contributed by atoms with Crippen LogP contribution in [0.2, 0.25) is 0 Å². The number of carbonyl (C=O) groups excluding carboxylic acids is 1. The summed E-state index contributed by atoms with van der Waals surface area (Å²) < 4.78 is 45.0. The summed E-state index contributed by atoms with van der Waals surface area (Å²) in [6, 6.07) is 2.25. The monoisotopic (exact) mass is 334 g/mol. The van der Waals surface area contributed by atoms with Gasteiger partial charge in [-0.25, -0.2) is 0 Å². The van der Waals surface area contributed by atoms with Crippen molar-refractivity contribution >= 4 is 11.9 Å². The minimum absolute atomic E-state index is 0.169. The predicted molar refractivity (Wildman–Crippen MR) is 70.0 cm³/mol. The van der Waals surface area contributed by atoms with Gasteiger partial charge in [0.25, 0.3) is 11.5 Å². The molecule has 1 aliphatic rings. The molecular weight excluding hydrogens is 321 g/mol. The molecule has 0 radical (unpaired) electrons. The molecule has 1 atom stereocenters. The number of carboxylic acids is 1. The molecule has 2 rings (SSSR count). The van der Waals surface area contributed by atoms with Crippen molar-refractivity contribution in [3.8, 4) is 0 Å². The van der Waals surface area contributed by atoms with Crippen LogP contribution in [0.5, 0.6) is 0 Å². The number of carbonyl (C=O) groups is 2. The molecule has 1 amide bonds. The van der Waals surface area contributed by atoms with Crippen molar-refractivity contribution in [1.29, 1.82) is 0 Å². The van der Waals surface area contributed by atoms with E-state index in [1.165, 1.54) is 6.07 Å². The quantitative estimate of drug-likeness (QED) is 0.830. The van der Waals surface area contributed by atoms with Gasteiger partial charge in [-0.3, -0.25) is 14.4 Å². The van der Waals surface area contributed by atoms with Gasteiger partial charge in [0.05, 0.1) is 6.61 Å². The summed E-state index contributed by atoms with van der Waals surface area (Å²) in [7, 11) is 0. The van der Waals surface area contributed by atoms with Crippen LogP contribution in [0, 0.1) is 0 Å². The van der Waals surface area contributed by atoms with Crippen LogP contribution in [0.15, 0.2) is 23.1 Å². The maximum Gasteiger partial charge on any atom is 0.413 e. The summed E-state index contributed by atoms with van der Waals surface area (Å²) in [5.41, 5.74) is -4.10. The van der Waals surface area contributed by atoms with Gasteiger partial charge in [0, 0.05) is 19.2 Å². The Kier molecular flexibility index (Phi) is 4.46. The summed E-state index contributed by atoms with van der Waals surface area (Å²) in [6.07, 6.45) is -4.07. The highest BCUT2D eigenvalue weighted by molar-refractivity contribution is 5.94. The summed E-state index contributed by atoms with van der Waals surface area (Å²) in [5.74, 6) is -2.54. The molecule has 0 aromatic carbocycles. The molecule has 1 unspecified atom stereocenters. The summed E-state index contributed by atoms with van der Waals surface area (Å²) in [4.78, 5) is 34.7. The lowest BCUT2D eigenvalue weighted by atomic mass is 9.97. The van der Waals surface area contributed by atoms with Crippen LogP contribution in [0.1, 0.15) is 16.8 Å². The topological polar surface area (TPSA) is 97.6 Å². The molecule has 1 aromatic rings. The second kappa shape index (κ2) is 6.03. The number of nitrogens with zero attached hydrogens (tertiary/aromatic N) is 1. The fourth-order valence-electron chi connectivity index (χ4n) is 2.22. The van der Waals surface area contributed by atoms with Crippen LogP contribution in [0.4, 0.5) is 13.2 Å². The van der Waals surface area contributed by atoms with Crippen LogP contribution in [0.3, 0.4) is 0 Å². The number of aromatic nitrogens is 1. The Hall–Kier alpha value is -2.36. The maximum absolute atomic E-state index is 13.2. The van der Waals surface area contributed by atoms with Gasteiger partial charge in [-0.2, -0.15) is 13.2 Å². The van der Waals surface area contributed by atoms with E-state index >= 15 is 0 Å². The van der Waals surface area contributed by atoms with E-state index in [9.17, 15) is 27.6 Å². The molecule has 1 saturated heterocycles. The zero-order valence-electron chi connectivity index (χ0n) is 11.7. The lowest BCUT2D eigenvalue weighted by Crippen LogP contribution is -2.60. The van der Waals surface area contributed by atoms with Gasteiger partial charge in [-0.05, 0) is 12.1 Å². The van der Waals surface area contributed by atoms with E-state index in [-0.39, 0.29) is 6.61 Å². The maximum atomic E-state index is 13.2. The predicted octanol–water partition coefficient (Wildman–Crippen LogP) is 0.384. The van der Waals surface area contributed by atoms with Gasteiger partial charge >= 0.3 is 12.1 Å². The first-order valence-corrected chi connectivity index (χ1v) is 6.54. The van der Waals surface area contributed by atoms with Crippen molar-refractivity contribution in [3.63, 3.8) is 0 Å². The molecule has 10 heteroatoms. The number of ether oxygens (including phenoxy) is 1. The third-order valence-electron chi connectivity index (χ3n) is 3.49. The molecule has 0 saturated carbocycles. The number of carboxylic acid groups (broad SMARTS) is 1. The summed E-state index contributed by atoms with van der Waals surface area (Å²) in [6.45, 7) is -1.61. The number of alkyl halides is 3. The van der Waals surface area contributed by atoms with Gasteiger partial charge in [0.15, 0.2) is 5.54 Å². The Morgan fingerprint density at radius 3 is 2.65 bits per heavy atom. The number of pyridine rings is 1. The molecule has 1 aromatic heterocycles. The number of rotatable bonds is 4. The van der Waals surface area contributed by atoms with Crippen molar-refractivity contribution in [2.24, 2.45) is 0 Å². The van der Waals surface area contributed by atoms with Crippen LogP contribution < -0.4 is 10.9 Å². The van der Waals surface area contributed by atoms with Gasteiger partial charge in [-0.15, -0.1) is 0 Å². The number of aliphatic carboxylic acids is 1. The number of amides is 1. The minimum atomic E-state index is -4.74. The van der Waals surface area contributed by atoms with Crippen molar-refractivity contribution in [1.82, 2.24) is 9.88 Å². The number of nitrogens with one attached hydrogen (secondary N) is 1. The van der Waals surface area contributed by atoms with Crippen molar-refractivity contribution in [2.75, 3.05) is 13.2 Å². The van der Waals surface area contributed by atoms with E-state index in [0.29, 0.717) is 0 Å². The highest BCUT2D eigenvalue weighted by Crippen LogP contribution is 2.36. The first kappa shape index (κ1) is 17.0. The third-order valence-corrected chi connectivity index (χ3v) is 3.49. The molecule has 1 fully saturated rings. The van der Waals surface area contributed by atoms with E-state index < -0.39 is 54.3 Å². The van der Waals surface area contributed by atoms with E-state index in [2.05, 4.69) is 0 Å². The zero-order valence-corrected chi connectivity index (χ0v) is 11.7. The lowest BCUT2D eigenvalue weighted by Gasteiger charge is -2.31. The largest absolute Gasteiger partial charge is 0.480 e. The second-order valence-electron chi connectivity index (χ2n) is 5.09. The van der Waals surface area contributed by atoms with E-state index in [1.54, 1.807) is 0 Å². The molecule has 2 N–H and O–H groups in total. The first-order valence-electron chi connectivity index (χ1n) is 6.54. The van der Waals surface area contributed by atoms with E-state index in [1.807, 2.05) is 5.32 Å². The smallest absolute Gasteiger partial charge is 0.413 e. The molecule has 0 spiro atoms. The van der Waals surface area contributed by atoms with Crippen molar-refractivity contribution in [3.05, 3.63) is 34.2 Å². The van der Waals surface area contributed by atoms with Gasteiger partial charge < -0.3 is 19.7 Å². The highest BCUT2D eigenvalue weighted by Gasteiger charge is 2.58. The molecule has 0 aliphatic carbocycles. The lowest BCUT2D eigenvalue weighted by molar-refractivity contribution is -0.192. The minimum Gasteiger partial charge on any atom is -0.480 e. The number of hydrogen-bond donors (Lipinski definition) is 2. The molecule has 23 heavy (non-hydrogen) atoms. The van der Waals surface area contributed by atoms with Gasteiger partial charge in [0.2, 0.25) is 0 Å².